The van der Waals surface area contributed by atoms with E-state index in [-0.39, 0.29) is 29.0 Å². The molecule has 14 nitrogen and oxygen atoms in total. The summed E-state index contributed by atoms with van der Waals surface area (Å²) in [5.74, 6) is 1.81. The molecule has 0 aliphatic heterocycles. The van der Waals surface area contributed by atoms with E-state index in [1.165, 1.54) is 12.7 Å². The van der Waals surface area contributed by atoms with Crippen LogP contribution in [0.4, 0.5) is 11.6 Å². The summed E-state index contributed by atoms with van der Waals surface area (Å²) in [7, 11) is 0. The lowest BCUT2D eigenvalue weighted by atomic mass is 9.97. The Morgan fingerprint density at radius 2 is 1.25 bits per heavy atom. The minimum atomic E-state index is -0.400. The van der Waals surface area contributed by atoms with E-state index in [0.717, 1.165) is 16.8 Å². The van der Waals surface area contributed by atoms with E-state index in [9.17, 15) is 9.59 Å². The second-order valence-electron chi connectivity index (χ2n) is 16.7. The van der Waals surface area contributed by atoms with Gasteiger partial charge in [-0.3, -0.25) is 18.7 Å². The predicted octanol–water partition coefficient (Wildman–Crippen LogP) is 10.6. The van der Waals surface area contributed by atoms with Crippen LogP contribution in [0.1, 0.15) is 57.6 Å². The number of fused-ring (bicyclic) bond motifs is 4. The van der Waals surface area contributed by atoms with Crippen LogP contribution in [-0.4, -0.2) is 49.0 Å². The zero-order valence-corrected chi connectivity index (χ0v) is 37.2. The van der Waals surface area contributed by atoms with Gasteiger partial charge in [0.1, 0.15) is 29.5 Å². The maximum atomic E-state index is 14.8. The normalized spacial score (nSPS) is 12.8. The van der Waals surface area contributed by atoms with Gasteiger partial charge in [-0.1, -0.05) is 105 Å². The van der Waals surface area contributed by atoms with Gasteiger partial charge in [-0.15, -0.1) is 0 Å². The molecule has 0 aliphatic rings. The molecule has 16 heteroatoms. The fraction of sp³-hybridized carbons (Fsp3) is 0.184. The molecule has 0 spiro atoms. The van der Waals surface area contributed by atoms with Gasteiger partial charge in [-0.2, -0.15) is 0 Å². The van der Waals surface area contributed by atoms with Crippen molar-refractivity contribution in [1.29, 1.82) is 0 Å². The van der Waals surface area contributed by atoms with E-state index < -0.39 is 6.04 Å². The highest BCUT2D eigenvalue weighted by atomic mass is 35.5. The lowest BCUT2D eigenvalue weighted by Crippen LogP contribution is -2.29. The Hall–Kier alpha value is -7.42. The van der Waals surface area contributed by atoms with Gasteiger partial charge in [0.2, 0.25) is 0 Å². The number of halogens is 2. The van der Waals surface area contributed by atoms with Crippen molar-refractivity contribution in [3.63, 3.8) is 0 Å². The van der Waals surface area contributed by atoms with Crippen LogP contribution in [0.5, 0.6) is 0 Å². The molecule has 0 amide bonds. The molecule has 10 rings (SSSR count). The number of nitrogens with zero attached hydrogens (tertiary/aromatic N) is 8. The van der Waals surface area contributed by atoms with Crippen molar-refractivity contribution in [2.24, 2.45) is 11.8 Å². The molecule has 65 heavy (non-hydrogen) atoms. The van der Waals surface area contributed by atoms with Crippen LogP contribution in [0.2, 0.25) is 10.0 Å². The number of aromatic amines is 2. The number of rotatable bonds is 12. The van der Waals surface area contributed by atoms with E-state index in [2.05, 4.69) is 68.2 Å². The van der Waals surface area contributed by atoms with Gasteiger partial charge >= 0.3 is 0 Å². The third-order valence-electron chi connectivity index (χ3n) is 11.6. The van der Waals surface area contributed by atoms with Crippen LogP contribution in [0, 0.1) is 11.8 Å². The van der Waals surface area contributed by atoms with Gasteiger partial charge in [-0.25, -0.2) is 29.9 Å². The van der Waals surface area contributed by atoms with Gasteiger partial charge < -0.3 is 20.6 Å². The molecular formula is C49H42Cl2N12O2. The first-order valence-electron chi connectivity index (χ1n) is 21.3. The third kappa shape index (κ3) is 7.64. The van der Waals surface area contributed by atoms with Crippen molar-refractivity contribution in [3.8, 4) is 22.8 Å². The molecule has 0 fully saturated rings. The molecule has 0 saturated heterocycles. The second-order valence-corrected chi connectivity index (χ2v) is 17.6. The summed E-state index contributed by atoms with van der Waals surface area (Å²) in [5.41, 5.74) is 5.19. The Kier molecular flexibility index (Phi) is 10.8. The topological polar surface area (TPSA) is 177 Å². The molecule has 0 saturated carbocycles. The van der Waals surface area contributed by atoms with E-state index in [1.54, 1.807) is 27.6 Å². The van der Waals surface area contributed by atoms with Gasteiger partial charge in [0.15, 0.2) is 22.9 Å². The summed E-state index contributed by atoms with van der Waals surface area (Å²) in [4.78, 5) is 63.2. The zero-order valence-electron chi connectivity index (χ0n) is 35.7. The summed E-state index contributed by atoms with van der Waals surface area (Å²) in [6.07, 6.45) is 5.18. The van der Waals surface area contributed by atoms with Crippen LogP contribution < -0.4 is 21.8 Å². The highest BCUT2D eigenvalue weighted by Crippen LogP contribution is 2.35. The average molecular weight is 902 g/mol. The van der Waals surface area contributed by atoms with Crippen molar-refractivity contribution in [2.75, 3.05) is 10.6 Å². The van der Waals surface area contributed by atoms with Crippen molar-refractivity contribution < 1.29 is 0 Å². The molecule has 4 aromatic carbocycles. The van der Waals surface area contributed by atoms with Crippen molar-refractivity contribution in [3.05, 3.63) is 164 Å². The number of nitrogens with one attached hydrogen (secondary N) is 4. The monoisotopic (exact) mass is 900 g/mol. The first kappa shape index (κ1) is 41.6. The van der Waals surface area contributed by atoms with Crippen molar-refractivity contribution >= 4 is 78.7 Å². The number of pyridine rings is 2. The number of aromatic nitrogens is 10. The lowest BCUT2D eigenvalue weighted by molar-refractivity contribution is 0.516. The van der Waals surface area contributed by atoms with Crippen LogP contribution in [0.3, 0.4) is 0 Å². The molecule has 324 valence electrons. The number of imidazole rings is 2. The Labute approximate surface area is 381 Å². The minimum Gasteiger partial charge on any atom is -0.360 e. The number of hydrogen-bond donors (Lipinski definition) is 4. The Morgan fingerprint density at radius 3 is 1.92 bits per heavy atom. The number of hydrogen-bond acceptors (Lipinski definition) is 10. The lowest BCUT2D eigenvalue weighted by Gasteiger charge is -2.27. The molecule has 6 aromatic heterocycles. The van der Waals surface area contributed by atoms with E-state index >= 15 is 0 Å². The molecule has 10 aromatic rings. The maximum absolute atomic E-state index is 14.8. The fourth-order valence-electron chi connectivity index (χ4n) is 8.64. The molecular weight excluding hydrogens is 860 g/mol. The van der Waals surface area contributed by atoms with Crippen molar-refractivity contribution in [1.82, 2.24) is 49.0 Å². The summed E-state index contributed by atoms with van der Waals surface area (Å²) < 4.78 is 3.44. The van der Waals surface area contributed by atoms with Gasteiger partial charge in [-0.05, 0) is 77.6 Å². The molecule has 6 heterocycles. The molecule has 0 unspecified atom stereocenters. The number of benzene rings is 4. The zero-order chi connectivity index (χ0) is 44.9. The van der Waals surface area contributed by atoms with Gasteiger partial charge in [0.05, 0.1) is 39.2 Å². The number of para-hydroxylation sites is 1. The van der Waals surface area contributed by atoms with Crippen LogP contribution >= 0.6 is 23.2 Å². The summed E-state index contributed by atoms with van der Waals surface area (Å²) >= 11 is 13.4. The highest BCUT2D eigenvalue weighted by molar-refractivity contribution is 6.35. The Morgan fingerprint density at radius 1 is 0.631 bits per heavy atom. The van der Waals surface area contributed by atoms with Crippen LogP contribution in [0.25, 0.3) is 66.6 Å². The number of anilines is 2. The first-order valence-corrected chi connectivity index (χ1v) is 22.0. The standard InChI is InChI=1S/C49H42Cl2N12O2/c1-26(2)19-35(36-21-28-11-9-17-33(50)38(28)48(64)62(36)31-14-6-5-7-15-31)58-46-42-47(57-25-56-46)61-43(60-42)30-13-8-16-32(20-30)63-37(22-29-12-10-18-34(51)39(29)49(63)65)40(27(3)4)59-45-41-44(53-23-52-41)54-24-55-45/h5-18,20-27,35,40H,19H2,1-4H3,(H2,52,53,54,55,59)(H2,56,57,58,60,61)/t35-,40-/m0/s1. The smallest absolute Gasteiger partial charge is 0.264 e. The summed E-state index contributed by atoms with van der Waals surface area (Å²) in [5, 5.41) is 10.3. The highest BCUT2D eigenvalue weighted by Gasteiger charge is 2.27. The minimum absolute atomic E-state index is 0.0115. The van der Waals surface area contributed by atoms with E-state index in [1.807, 2.05) is 91.0 Å². The van der Waals surface area contributed by atoms with E-state index in [4.69, 9.17) is 33.2 Å². The molecule has 4 N–H and O–H groups in total. The summed E-state index contributed by atoms with van der Waals surface area (Å²) in [6, 6.07) is 31.4. The maximum Gasteiger partial charge on any atom is 0.264 e. The molecule has 2 atom stereocenters. The fourth-order valence-corrected chi connectivity index (χ4v) is 9.16. The second kappa shape index (κ2) is 16.9. The Bertz CT molecular complexity index is 3540. The van der Waals surface area contributed by atoms with Crippen molar-refractivity contribution in [2.45, 2.75) is 46.2 Å². The van der Waals surface area contributed by atoms with Gasteiger partial charge in [0.25, 0.3) is 11.1 Å². The van der Waals surface area contributed by atoms with Crippen LogP contribution in [0.15, 0.2) is 132 Å². The first-order chi connectivity index (χ1) is 31.5. The quantitative estimate of drug-likeness (QED) is 0.0923. The summed E-state index contributed by atoms with van der Waals surface area (Å²) in [6.45, 7) is 8.45. The average Bonchev–Trinajstić information content (AvgIpc) is 3.97. The molecule has 0 radical (unpaired) electrons. The number of H-pyrrole nitrogens is 2. The van der Waals surface area contributed by atoms with E-state index in [0.29, 0.717) is 89.4 Å². The predicted molar refractivity (Wildman–Crippen MR) is 258 cm³/mol. The van der Waals surface area contributed by atoms with Crippen LogP contribution in [-0.2, 0) is 0 Å². The third-order valence-corrected chi connectivity index (χ3v) is 12.2. The molecule has 0 bridgehead atoms. The Balaban J connectivity index is 1.08. The molecule has 0 aliphatic carbocycles. The largest absolute Gasteiger partial charge is 0.360 e. The SMILES string of the molecule is CC(C)C[C@H](Nc1ncnc2nc(-c3cccc(-n4c([C@@H](Nc5ncnc6nc[nH]c56)C(C)C)cc5cccc(Cl)c5c4=O)c3)[nH]c12)c1cc2cccc(Cl)c2c(=O)n1-c1ccccc1. The van der Waals surface area contributed by atoms with Gasteiger partial charge in [0, 0.05) is 28.3 Å².